The molecular formula is C11H17N5O4. The zero-order valence-corrected chi connectivity index (χ0v) is 11.5. The van der Waals surface area contributed by atoms with E-state index in [9.17, 15) is 14.4 Å². The van der Waals surface area contributed by atoms with Crippen LogP contribution >= 0.6 is 0 Å². The maximum atomic E-state index is 11.5. The van der Waals surface area contributed by atoms with Crippen LogP contribution in [0.5, 0.6) is 0 Å². The molecule has 0 saturated heterocycles. The van der Waals surface area contributed by atoms with E-state index < -0.39 is 23.3 Å². The Hall–Kier alpha value is -2.45. The molecular weight excluding hydrogens is 266 g/mol. The highest BCUT2D eigenvalue weighted by Gasteiger charge is 2.30. The van der Waals surface area contributed by atoms with Gasteiger partial charge in [-0.3, -0.25) is 14.9 Å². The van der Waals surface area contributed by atoms with E-state index in [0.29, 0.717) is 5.82 Å². The first-order valence-electron chi connectivity index (χ1n) is 5.86. The fourth-order valence-corrected chi connectivity index (χ4v) is 1.32. The normalized spacial score (nSPS) is 10.9. The maximum Gasteiger partial charge on any atom is 0.321 e. The third kappa shape index (κ3) is 4.34. The van der Waals surface area contributed by atoms with E-state index >= 15 is 0 Å². The SMILES string of the molecule is Cn1cnnc1CNC(=O)NC(=O)CC(C)(C)C(=O)O. The molecule has 9 nitrogen and oxygen atoms in total. The molecule has 0 aliphatic rings. The molecule has 1 aromatic rings. The van der Waals surface area contributed by atoms with E-state index in [4.69, 9.17) is 5.11 Å². The van der Waals surface area contributed by atoms with Crippen LogP contribution in [0, 0.1) is 5.41 Å². The Bertz CT molecular complexity index is 523. The van der Waals surface area contributed by atoms with Gasteiger partial charge in [0, 0.05) is 13.5 Å². The first-order valence-corrected chi connectivity index (χ1v) is 5.86. The lowest BCUT2D eigenvalue weighted by Crippen LogP contribution is -2.42. The molecule has 110 valence electrons. The Balaban J connectivity index is 2.41. The van der Waals surface area contributed by atoms with Gasteiger partial charge in [-0.1, -0.05) is 0 Å². The summed E-state index contributed by atoms with van der Waals surface area (Å²) in [5.41, 5.74) is -1.23. The molecule has 1 aromatic heterocycles. The fourth-order valence-electron chi connectivity index (χ4n) is 1.32. The van der Waals surface area contributed by atoms with Crippen LogP contribution in [0.25, 0.3) is 0 Å². The van der Waals surface area contributed by atoms with Gasteiger partial charge in [-0.15, -0.1) is 10.2 Å². The van der Waals surface area contributed by atoms with Crippen molar-refractivity contribution in [2.75, 3.05) is 0 Å². The average Bonchev–Trinajstić information content (AvgIpc) is 2.71. The number of carbonyl (C=O) groups is 3. The molecule has 3 N–H and O–H groups in total. The van der Waals surface area contributed by atoms with E-state index in [2.05, 4.69) is 20.8 Å². The quantitative estimate of drug-likeness (QED) is 0.677. The monoisotopic (exact) mass is 283 g/mol. The summed E-state index contributed by atoms with van der Waals surface area (Å²) in [6.07, 6.45) is 1.19. The first-order chi connectivity index (χ1) is 9.22. The van der Waals surface area contributed by atoms with Gasteiger partial charge in [-0.25, -0.2) is 4.79 Å². The molecule has 0 spiro atoms. The van der Waals surface area contributed by atoms with Crippen molar-refractivity contribution >= 4 is 17.9 Å². The van der Waals surface area contributed by atoms with Crippen molar-refractivity contribution in [3.63, 3.8) is 0 Å². The number of rotatable bonds is 5. The fraction of sp³-hybridized carbons (Fsp3) is 0.545. The van der Waals surface area contributed by atoms with Crippen LogP contribution in [0.2, 0.25) is 0 Å². The Morgan fingerprint density at radius 2 is 2.05 bits per heavy atom. The number of carboxylic acid groups (broad SMARTS) is 1. The molecule has 0 aromatic carbocycles. The molecule has 1 heterocycles. The Morgan fingerprint density at radius 1 is 1.40 bits per heavy atom. The summed E-state index contributed by atoms with van der Waals surface area (Å²) in [5, 5.41) is 20.8. The second kappa shape index (κ2) is 6.13. The number of aryl methyl sites for hydroxylation is 1. The molecule has 9 heteroatoms. The minimum atomic E-state index is -1.23. The summed E-state index contributed by atoms with van der Waals surface area (Å²) in [4.78, 5) is 33.9. The van der Waals surface area contributed by atoms with Crippen molar-refractivity contribution in [2.45, 2.75) is 26.8 Å². The van der Waals surface area contributed by atoms with Crippen molar-refractivity contribution in [3.05, 3.63) is 12.2 Å². The Labute approximate surface area is 115 Å². The van der Waals surface area contributed by atoms with Crippen molar-refractivity contribution in [1.82, 2.24) is 25.4 Å². The number of hydrogen-bond acceptors (Lipinski definition) is 5. The molecule has 0 atom stereocenters. The number of carboxylic acids is 1. The first kappa shape index (κ1) is 15.6. The van der Waals surface area contributed by atoms with Gasteiger partial charge in [-0.2, -0.15) is 0 Å². The number of aromatic nitrogens is 3. The number of nitrogens with one attached hydrogen (secondary N) is 2. The third-order valence-electron chi connectivity index (χ3n) is 2.65. The predicted molar refractivity (Wildman–Crippen MR) is 67.4 cm³/mol. The highest BCUT2D eigenvalue weighted by atomic mass is 16.4. The smallest absolute Gasteiger partial charge is 0.321 e. The van der Waals surface area contributed by atoms with E-state index in [1.54, 1.807) is 11.6 Å². The summed E-state index contributed by atoms with van der Waals surface area (Å²) in [5.74, 6) is -1.24. The number of carbonyl (C=O) groups excluding carboxylic acids is 2. The van der Waals surface area contributed by atoms with Crippen molar-refractivity contribution < 1.29 is 19.5 Å². The minimum absolute atomic E-state index is 0.109. The van der Waals surface area contributed by atoms with Crippen molar-refractivity contribution in [2.24, 2.45) is 12.5 Å². The van der Waals surface area contributed by atoms with Crippen LogP contribution in [0.4, 0.5) is 4.79 Å². The zero-order valence-electron chi connectivity index (χ0n) is 11.5. The molecule has 0 radical (unpaired) electrons. The lowest BCUT2D eigenvalue weighted by molar-refractivity contribution is -0.149. The molecule has 20 heavy (non-hydrogen) atoms. The van der Waals surface area contributed by atoms with Crippen molar-refractivity contribution in [3.8, 4) is 0 Å². The van der Waals surface area contributed by atoms with E-state index in [1.165, 1.54) is 20.2 Å². The van der Waals surface area contributed by atoms with Crippen LogP contribution in [-0.4, -0.2) is 37.8 Å². The molecule has 0 fully saturated rings. The summed E-state index contributed by atoms with van der Waals surface area (Å²) in [6.45, 7) is 2.93. The number of aliphatic carboxylic acids is 1. The van der Waals surface area contributed by atoms with Gasteiger partial charge < -0.3 is 15.0 Å². The molecule has 0 aliphatic heterocycles. The second-order valence-corrected chi connectivity index (χ2v) is 4.95. The number of imide groups is 1. The lowest BCUT2D eigenvalue weighted by atomic mass is 9.89. The molecule has 0 bridgehead atoms. The van der Waals surface area contributed by atoms with Gasteiger partial charge in [-0.05, 0) is 13.8 Å². The van der Waals surface area contributed by atoms with Gasteiger partial charge in [0.15, 0.2) is 5.82 Å². The zero-order chi connectivity index (χ0) is 15.3. The second-order valence-electron chi connectivity index (χ2n) is 4.95. The largest absolute Gasteiger partial charge is 0.481 e. The van der Waals surface area contributed by atoms with Crippen LogP contribution in [-0.2, 0) is 23.2 Å². The lowest BCUT2D eigenvalue weighted by Gasteiger charge is -2.17. The van der Waals surface area contributed by atoms with Gasteiger partial charge in [0.2, 0.25) is 5.91 Å². The van der Waals surface area contributed by atoms with Crippen LogP contribution in [0.3, 0.4) is 0 Å². The Kier molecular flexibility index (Phi) is 4.78. The molecule has 1 rings (SSSR count). The number of hydrogen-bond donors (Lipinski definition) is 3. The van der Waals surface area contributed by atoms with Crippen LogP contribution in [0.1, 0.15) is 26.1 Å². The van der Waals surface area contributed by atoms with Crippen molar-refractivity contribution in [1.29, 1.82) is 0 Å². The topological polar surface area (TPSA) is 126 Å². The van der Waals surface area contributed by atoms with E-state index in [-0.39, 0.29) is 13.0 Å². The van der Waals surface area contributed by atoms with Gasteiger partial charge in [0.25, 0.3) is 0 Å². The third-order valence-corrected chi connectivity index (χ3v) is 2.65. The number of nitrogens with zero attached hydrogens (tertiary/aromatic N) is 3. The van der Waals surface area contributed by atoms with Crippen LogP contribution < -0.4 is 10.6 Å². The number of urea groups is 1. The maximum absolute atomic E-state index is 11.5. The predicted octanol–water partition coefficient (Wildman–Crippen LogP) is -0.358. The van der Waals surface area contributed by atoms with E-state index in [1.807, 2.05) is 0 Å². The van der Waals surface area contributed by atoms with Gasteiger partial charge >= 0.3 is 12.0 Å². The van der Waals surface area contributed by atoms with Gasteiger partial charge in [0.1, 0.15) is 6.33 Å². The highest BCUT2D eigenvalue weighted by molar-refractivity contribution is 5.96. The molecule has 3 amide bonds. The highest BCUT2D eigenvalue weighted by Crippen LogP contribution is 2.19. The van der Waals surface area contributed by atoms with Crippen LogP contribution in [0.15, 0.2) is 6.33 Å². The minimum Gasteiger partial charge on any atom is -0.481 e. The number of amides is 3. The summed E-state index contributed by atoms with van der Waals surface area (Å²) in [6, 6.07) is -0.709. The summed E-state index contributed by atoms with van der Waals surface area (Å²) >= 11 is 0. The summed E-state index contributed by atoms with van der Waals surface area (Å²) in [7, 11) is 1.72. The van der Waals surface area contributed by atoms with E-state index in [0.717, 1.165) is 0 Å². The molecule has 0 saturated carbocycles. The molecule has 0 unspecified atom stereocenters. The molecule has 0 aliphatic carbocycles. The Morgan fingerprint density at radius 3 is 2.55 bits per heavy atom. The summed E-state index contributed by atoms with van der Waals surface area (Å²) < 4.78 is 1.62. The average molecular weight is 283 g/mol. The standard InChI is InChI=1S/C11H17N5O4/c1-11(2,9(18)19)4-8(17)14-10(20)12-5-7-15-13-6-16(7)3/h6H,4-5H2,1-3H3,(H,18,19)(H2,12,14,17,20). The van der Waals surface area contributed by atoms with Gasteiger partial charge in [0.05, 0.1) is 12.0 Å².